The fraction of sp³-hybridized carbons (Fsp3) is 0. The van der Waals surface area contributed by atoms with Gasteiger partial charge in [0.2, 0.25) is 0 Å². The molecule has 23 aromatic carbocycles. The quantitative estimate of drug-likeness (QED) is 0.0897. The summed E-state index contributed by atoms with van der Waals surface area (Å²) in [5, 5.41) is 19.5. The number of hydrogen-bond donors (Lipinski definition) is 0. The highest BCUT2D eigenvalue weighted by molar-refractivity contribution is 7.26. The zero-order valence-electron chi connectivity index (χ0n) is 72.4. The van der Waals surface area contributed by atoms with E-state index < -0.39 is 0 Å². The smallest absolute Gasteiger partial charge is 0.137 e. The standard InChI is InChI=1S/C66H46N2.C60H36N2OS2/c1-5-17-47(18-6-1)57-43-63-64(65(45-57)67(59-25-9-3-10-26-59)61-37-33-51(34-38-61)55-31-29-49-21-13-15-23-53(49)41-55)44-58(48-19-7-2-8-20-48)46-66(63)68(60-27-11-4-12-28-60)62-39-35-52(36-40-62)56-32-30-50-22-14-16-24-54(50)42-56;1-3-14-37(15-4-1)61(39-27-30-58-50(32-39)45-20-9-11-24-56(45)64-58)41-26-29-44-52-35-48-42-18-7-8-19-43(42)53(36-49(48)47-22-13-23-54(60(47)52)63-55(44)34-41)62(38-16-5-2-6-17-38)40-28-31-59-51(33-40)46-21-10-12-25-57(46)65-59/h1-46H;1-36H. The predicted molar refractivity (Wildman–Crippen MR) is 570 cm³/mol. The van der Waals surface area contributed by atoms with Crippen LogP contribution in [0.4, 0.5) is 68.2 Å². The molecule has 7 heteroatoms. The Hall–Kier alpha value is -16.9. The lowest BCUT2D eigenvalue weighted by atomic mass is 9.88. The molecular formula is C126H82N4OS2. The maximum absolute atomic E-state index is 7.01. The van der Waals surface area contributed by atoms with E-state index in [2.05, 4.69) is 517 Å². The summed E-state index contributed by atoms with van der Waals surface area (Å²) in [6, 6.07) is 181. The van der Waals surface area contributed by atoms with Gasteiger partial charge in [0.1, 0.15) is 11.5 Å². The Labute approximate surface area is 778 Å². The van der Waals surface area contributed by atoms with E-state index in [0.717, 1.165) is 124 Å². The molecule has 0 aliphatic carbocycles. The van der Waals surface area contributed by atoms with Crippen molar-refractivity contribution in [1.82, 2.24) is 0 Å². The second kappa shape index (κ2) is 33.3. The first-order chi connectivity index (χ1) is 65.9. The summed E-state index contributed by atoms with van der Waals surface area (Å²) >= 11 is 3.70. The van der Waals surface area contributed by atoms with Crippen molar-refractivity contribution in [2.75, 3.05) is 19.6 Å². The largest absolute Gasteiger partial charge is 0.456 e. The average Bonchev–Trinajstić information content (AvgIpc) is 1.00. The fourth-order valence-electron chi connectivity index (χ4n) is 20.0. The minimum Gasteiger partial charge on any atom is -0.456 e. The van der Waals surface area contributed by atoms with Gasteiger partial charge in [-0.3, -0.25) is 0 Å². The Kier molecular flexibility index (Phi) is 19.6. The van der Waals surface area contributed by atoms with Gasteiger partial charge in [-0.15, -0.1) is 22.7 Å². The van der Waals surface area contributed by atoms with Crippen molar-refractivity contribution in [3.05, 3.63) is 497 Å². The lowest BCUT2D eigenvalue weighted by molar-refractivity contribution is 0.487. The molecule has 0 fully saturated rings. The van der Waals surface area contributed by atoms with Crippen LogP contribution in [0.15, 0.2) is 497 Å². The van der Waals surface area contributed by atoms with Gasteiger partial charge in [0, 0.05) is 125 Å². The van der Waals surface area contributed by atoms with E-state index in [1.54, 1.807) is 0 Å². The third-order valence-corrected chi connectivity index (χ3v) is 28.7. The minimum absolute atomic E-state index is 0.845. The molecule has 26 rings (SSSR count). The first kappa shape index (κ1) is 78.3. The van der Waals surface area contributed by atoms with Gasteiger partial charge in [-0.2, -0.15) is 0 Å². The van der Waals surface area contributed by atoms with E-state index in [0.29, 0.717) is 0 Å². The third-order valence-electron chi connectivity index (χ3n) is 26.3. The maximum Gasteiger partial charge on any atom is 0.137 e. The lowest BCUT2D eigenvalue weighted by Gasteiger charge is -2.31. The van der Waals surface area contributed by atoms with E-state index in [-0.39, 0.29) is 0 Å². The predicted octanol–water partition coefficient (Wildman–Crippen LogP) is 37.3. The molecule has 5 nitrogen and oxygen atoms in total. The van der Waals surface area contributed by atoms with Crippen molar-refractivity contribution >= 4 is 196 Å². The highest BCUT2D eigenvalue weighted by Gasteiger charge is 2.29. The van der Waals surface area contributed by atoms with Gasteiger partial charge >= 0.3 is 0 Å². The number of ether oxygens (including phenoxy) is 1. The van der Waals surface area contributed by atoms with Crippen LogP contribution < -0.4 is 24.3 Å². The van der Waals surface area contributed by atoms with Crippen LogP contribution >= 0.6 is 22.7 Å². The van der Waals surface area contributed by atoms with E-state index in [4.69, 9.17) is 4.74 Å². The number of anilines is 12. The van der Waals surface area contributed by atoms with Gasteiger partial charge in [-0.05, 0) is 281 Å². The summed E-state index contributed by atoms with van der Waals surface area (Å²) in [4.78, 5) is 9.65. The molecule has 1 aliphatic rings. The average molecular weight is 1730 g/mol. The lowest BCUT2D eigenvalue weighted by Crippen LogP contribution is -2.13. The van der Waals surface area contributed by atoms with Gasteiger partial charge in [-0.25, -0.2) is 0 Å². The number of hydrogen-bond acceptors (Lipinski definition) is 7. The van der Waals surface area contributed by atoms with Crippen molar-refractivity contribution in [3.8, 4) is 67.1 Å². The third kappa shape index (κ3) is 14.3. The number of fused-ring (bicyclic) bond motifs is 15. The molecule has 0 spiro atoms. The SMILES string of the molecule is c1ccc(-c2cc(N(c3ccccc3)c3ccc(-c4ccc5ccccc5c4)cc3)c3cc(-c4ccccc4)cc(N(c4ccccc4)c4ccc(-c5ccc6ccccc6c5)cc4)c3c2)cc1.c1ccc(N(c2ccc3c(c2)Oc2cccc4c2c-3cc2c3ccccc3c(N(c3ccccc3)c3ccc5sc6ccccc6c5c3)cc42)c2ccc3sc4ccccc4c3c2)cc1. The van der Waals surface area contributed by atoms with Crippen LogP contribution in [-0.2, 0) is 0 Å². The molecular weight excluding hydrogens is 1650 g/mol. The first-order valence-electron chi connectivity index (χ1n) is 45.3. The van der Waals surface area contributed by atoms with Crippen molar-refractivity contribution in [3.63, 3.8) is 0 Å². The van der Waals surface area contributed by atoms with E-state index in [9.17, 15) is 0 Å². The molecule has 3 heterocycles. The summed E-state index contributed by atoms with van der Waals surface area (Å²) in [7, 11) is 0. The summed E-state index contributed by atoms with van der Waals surface area (Å²) < 4.78 is 12.2. The summed E-state index contributed by atoms with van der Waals surface area (Å²) in [6.07, 6.45) is 0. The normalized spacial score (nSPS) is 11.7. The van der Waals surface area contributed by atoms with Crippen molar-refractivity contribution in [2.45, 2.75) is 0 Å². The van der Waals surface area contributed by atoms with Crippen LogP contribution in [0.5, 0.6) is 11.5 Å². The van der Waals surface area contributed by atoms with E-state index in [1.165, 1.54) is 117 Å². The van der Waals surface area contributed by atoms with Crippen LogP contribution in [0.3, 0.4) is 0 Å². The summed E-state index contributed by atoms with van der Waals surface area (Å²) in [5.74, 6) is 1.71. The Morgan fingerprint density at radius 2 is 0.496 bits per heavy atom. The number of rotatable bonds is 16. The molecule has 0 N–H and O–H groups in total. The summed E-state index contributed by atoms with van der Waals surface area (Å²) in [5.41, 5.74) is 24.7. The number of para-hydroxylation sites is 4. The Morgan fingerprint density at radius 3 is 0.992 bits per heavy atom. The molecule has 0 atom stereocenters. The number of thiophene rings is 2. The first-order valence-corrected chi connectivity index (χ1v) is 46.9. The van der Waals surface area contributed by atoms with Crippen LogP contribution in [0.2, 0.25) is 0 Å². The molecule has 0 unspecified atom stereocenters. The monoisotopic (exact) mass is 1730 g/mol. The van der Waals surface area contributed by atoms with E-state index in [1.807, 2.05) is 22.7 Å². The van der Waals surface area contributed by atoms with Gasteiger partial charge in [-0.1, -0.05) is 303 Å². The molecule has 0 saturated heterocycles. The van der Waals surface area contributed by atoms with Crippen LogP contribution in [-0.4, -0.2) is 0 Å². The van der Waals surface area contributed by atoms with Crippen LogP contribution in [0, 0.1) is 0 Å². The van der Waals surface area contributed by atoms with Crippen molar-refractivity contribution < 1.29 is 4.74 Å². The zero-order chi connectivity index (χ0) is 87.8. The second-order valence-corrected chi connectivity index (χ2v) is 36.4. The van der Waals surface area contributed by atoms with Gasteiger partial charge in [0.25, 0.3) is 0 Å². The zero-order valence-corrected chi connectivity index (χ0v) is 74.0. The summed E-state index contributed by atoms with van der Waals surface area (Å²) in [6.45, 7) is 0. The molecule has 624 valence electrons. The highest BCUT2D eigenvalue weighted by Crippen LogP contribution is 2.56. The minimum atomic E-state index is 0.845. The number of benzene rings is 23. The molecule has 0 saturated carbocycles. The number of nitrogens with zero attached hydrogens (tertiary/aromatic N) is 4. The molecule has 2 aromatic heterocycles. The molecule has 0 bridgehead atoms. The Morgan fingerprint density at radius 1 is 0.150 bits per heavy atom. The van der Waals surface area contributed by atoms with Gasteiger partial charge in [0.05, 0.1) is 17.1 Å². The molecule has 0 amide bonds. The maximum atomic E-state index is 7.01. The molecule has 1 aliphatic heterocycles. The van der Waals surface area contributed by atoms with E-state index >= 15 is 0 Å². The molecule has 133 heavy (non-hydrogen) atoms. The molecule has 25 aromatic rings. The van der Waals surface area contributed by atoms with Gasteiger partial charge < -0.3 is 24.3 Å². The van der Waals surface area contributed by atoms with Crippen molar-refractivity contribution in [2.24, 2.45) is 0 Å². The van der Waals surface area contributed by atoms with Crippen LogP contribution in [0.25, 0.3) is 161 Å². The Bertz CT molecular complexity index is 8540. The topological polar surface area (TPSA) is 22.2 Å². The molecule has 0 radical (unpaired) electrons. The second-order valence-electron chi connectivity index (χ2n) is 34.2. The fourth-order valence-corrected chi connectivity index (χ4v) is 22.2. The van der Waals surface area contributed by atoms with Crippen LogP contribution in [0.1, 0.15) is 0 Å². The van der Waals surface area contributed by atoms with Crippen molar-refractivity contribution in [1.29, 1.82) is 0 Å². The Balaban J connectivity index is 0.000000143. The highest BCUT2D eigenvalue weighted by atomic mass is 32.1. The van der Waals surface area contributed by atoms with Gasteiger partial charge in [0.15, 0.2) is 0 Å².